The van der Waals surface area contributed by atoms with E-state index in [1.807, 2.05) is 0 Å². The third-order valence-electron chi connectivity index (χ3n) is 2.99. The molecule has 0 bridgehead atoms. The highest BCUT2D eigenvalue weighted by molar-refractivity contribution is 7.89. The Hall–Kier alpha value is -1.86. The third-order valence-corrected chi connectivity index (χ3v) is 4.84. The van der Waals surface area contributed by atoms with Crippen molar-refractivity contribution in [2.45, 2.75) is 17.7 Å². The van der Waals surface area contributed by atoms with Crippen molar-refractivity contribution in [1.82, 2.24) is 4.31 Å². The summed E-state index contributed by atoms with van der Waals surface area (Å²) in [5.41, 5.74) is -0.182. The van der Waals surface area contributed by atoms with E-state index in [-0.39, 0.29) is 16.2 Å². The van der Waals surface area contributed by atoms with E-state index in [1.54, 1.807) is 6.08 Å². The summed E-state index contributed by atoms with van der Waals surface area (Å²) in [5, 5.41) is 9.10. The van der Waals surface area contributed by atoms with Crippen molar-refractivity contribution in [3.05, 3.63) is 36.4 Å². The van der Waals surface area contributed by atoms with Crippen molar-refractivity contribution in [3.63, 3.8) is 0 Å². The van der Waals surface area contributed by atoms with E-state index < -0.39 is 16.0 Å². The van der Waals surface area contributed by atoms with Crippen LogP contribution >= 0.6 is 0 Å². The molecule has 7 heteroatoms. The topological polar surface area (TPSA) is 83.9 Å². The molecule has 21 heavy (non-hydrogen) atoms. The number of aromatic carboxylic acids is 1. The van der Waals surface area contributed by atoms with E-state index in [4.69, 9.17) is 9.84 Å². The number of carboxylic acid groups (broad SMARTS) is 1. The molecule has 0 fully saturated rings. The molecular formula is C14H19NO5S. The number of methoxy groups -OCH3 is 1. The van der Waals surface area contributed by atoms with Gasteiger partial charge in [-0.15, -0.1) is 6.58 Å². The fourth-order valence-corrected chi connectivity index (χ4v) is 3.01. The van der Waals surface area contributed by atoms with Crippen LogP contribution in [0.15, 0.2) is 35.7 Å². The second kappa shape index (κ2) is 7.24. The molecule has 0 radical (unpaired) electrons. The van der Waals surface area contributed by atoms with Crippen LogP contribution in [-0.4, -0.2) is 44.5 Å². The van der Waals surface area contributed by atoms with Crippen LogP contribution in [-0.2, 0) is 10.0 Å². The van der Waals surface area contributed by atoms with Gasteiger partial charge < -0.3 is 9.84 Å². The summed E-state index contributed by atoms with van der Waals surface area (Å²) < 4.78 is 30.8. The minimum Gasteiger partial charge on any atom is -0.496 e. The molecular weight excluding hydrogens is 294 g/mol. The Morgan fingerprint density at radius 3 is 2.67 bits per heavy atom. The number of hydrogen-bond donors (Lipinski definition) is 1. The van der Waals surface area contributed by atoms with Gasteiger partial charge in [-0.3, -0.25) is 0 Å². The zero-order valence-corrected chi connectivity index (χ0v) is 12.9. The average molecular weight is 313 g/mol. The van der Waals surface area contributed by atoms with Crippen molar-refractivity contribution >= 4 is 16.0 Å². The van der Waals surface area contributed by atoms with Gasteiger partial charge in [0.05, 0.1) is 12.0 Å². The maximum Gasteiger partial charge on any atom is 0.339 e. The van der Waals surface area contributed by atoms with Gasteiger partial charge in [-0.25, -0.2) is 17.5 Å². The third kappa shape index (κ3) is 4.05. The van der Waals surface area contributed by atoms with Gasteiger partial charge in [0.1, 0.15) is 11.3 Å². The van der Waals surface area contributed by atoms with E-state index in [9.17, 15) is 13.2 Å². The molecule has 0 atom stereocenters. The number of hydrogen-bond acceptors (Lipinski definition) is 4. The minimum absolute atomic E-state index is 0.0678. The van der Waals surface area contributed by atoms with Gasteiger partial charge in [0.25, 0.3) is 0 Å². The number of nitrogens with zero attached hydrogens (tertiary/aromatic N) is 1. The van der Waals surface area contributed by atoms with Gasteiger partial charge in [0.2, 0.25) is 10.0 Å². The van der Waals surface area contributed by atoms with Crippen LogP contribution < -0.4 is 4.74 Å². The maximum atomic E-state index is 12.4. The largest absolute Gasteiger partial charge is 0.496 e. The van der Waals surface area contributed by atoms with Crippen LogP contribution in [0.1, 0.15) is 23.2 Å². The van der Waals surface area contributed by atoms with Gasteiger partial charge >= 0.3 is 5.97 Å². The van der Waals surface area contributed by atoms with E-state index in [2.05, 4.69) is 6.58 Å². The van der Waals surface area contributed by atoms with E-state index in [1.165, 1.54) is 30.6 Å². The summed E-state index contributed by atoms with van der Waals surface area (Å²) in [7, 11) is -0.928. The molecule has 1 rings (SSSR count). The first kappa shape index (κ1) is 17.2. The Morgan fingerprint density at radius 1 is 1.48 bits per heavy atom. The summed E-state index contributed by atoms with van der Waals surface area (Å²) in [6.07, 6.45) is 3.08. The number of sulfonamides is 1. The average Bonchev–Trinajstić information content (AvgIpc) is 2.46. The second-order valence-electron chi connectivity index (χ2n) is 4.42. The number of ether oxygens (including phenoxy) is 1. The number of allylic oxidation sites excluding steroid dienone is 1. The Bertz CT molecular complexity index is 624. The zero-order valence-electron chi connectivity index (χ0n) is 12.1. The summed E-state index contributed by atoms with van der Waals surface area (Å²) in [6.45, 7) is 3.92. The Morgan fingerprint density at radius 2 is 2.14 bits per heavy atom. The fourth-order valence-electron chi connectivity index (χ4n) is 1.77. The van der Waals surface area contributed by atoms with Crippen molar-refractivity contribution in [1.29, 1.82) is 0 Å². The van der Waals surface area contributed by atoms with Gasteiger partial charge in [-0.1, -0.05) is 6.08 Å². The zero-order chi connectivity index (χ0) is 16.0. The highest BCUT2D eigenvalue weighted by Gasteiger charge is 2.23. The number of rotatable bonds is 8. The molecule has 1 aromatic rings. The first-order valence-electron chi connectivity index (χ1n) is 6.33. The van der Waals surface area contributed by atoms with E-state index in [0.29, 0.717) is 19.4 Å². The summed E-state index contributed by atoms with van der Waals surface area (Å²) in [4.78, 5) is 11.1. The van der Waals surface area contributed by atoms with Crippen LogP contribution in [0.25, 0.3) is 0 Å². The Labute approximate surface area is 124 Å². The van der Waals surface area contributed by atoms with Crippen molar-refractivity contribution in [3.8, 4) is 5.75 Å². The summed E-state index contributed by atoms with van der Waals surface area (Å²) in [5.74, 6) is -1.12. The monoisotopic (exact) mass is 313 g/mol. The van der Waals surface area contributed by atoms with Gasteiger partial charge in [0, 0.05) is 13.6 Å². The molecule has 0 saturated carbocycles. The second-order valence-corrected chi connectivity index (χ2v) is 6.47. The predicted octanol–water partition coefficient (Wildman–Crippen LogP) is 1.98. The first-order chi connectivity index (χ1) is 9.84. The van der Waals surface area contributed by atoms with E-state index in [0.717, 1.165) is 6.07 Å². The van der Waals surface area contributed by atoms with Crippen molar-refractivity contribution < 1.29 is 23.1 Å². The molecule has 0 aliphatic heterocycles. The molecule has 1 aromatic carbocycles. The SMILES string of the molecule is C=CCCCN(C)S(=O)(=O)c1ccc(OC)c(C(=O)O)c1. The van der Waals surface area contributed by atoms with Gasteiger partial charge in [-0.2, -0.15) is 0 Å². The van der Waals surface area contributed by atoms with E-state index >= 15 is 0 Å². The Kier molecular flexibility index (Phi) is 5.92. The van der Waals surface area contributed by atoms with Gasteiger partial charge in [-0.05, 0) is 31.0 Å². The molecule has 0 aromatic heterocycles. The van der Waals surface area contributed by atoms with Crippen molar-refractivity contribution in [2.24, 2.45) is 0 Å². The summed E-state index contributed by atoms with van der Waals surface area (Å²) >= 11 is 0. The number of carboxylic acids is 1. The van der Waals surface area contributed by atoms with Crippen LogP contribution in [0.2, 0.25) is 0 Å². The molecule has 0 unspecified atom stereocenters. The summed E-state index contributed by atoms with van der Waals surface area (Å²) in [6, 6.07) is 3.79. The number of benzene rings is 1. The minimum atomic E-state index is -3.72. The molecule has 0 heterocycles. The highest BCUT2D eigenvalue weighted by Crippen LogP contribution is 2.24. The Balaban J connectivity index is 3.11. The number of carbonyl (C=O) groups is 1. The normalized spacial score (nSPS) is 11.4. The van der Waals surface area contributed by atoms with Gasteiger partial charge in [0.15, 0.2) is 0 Å². The smallest absolute Gasteiger partial charge is 0.339 e. The molecule has 0 spiro atoms. The standard InChI is InChI=1S/C14H19NO5S/c1-4-5-6-9-15(2)21(18,19)11-7-8-13(20-3)12(10-11)14(16)17/h4,7-8,10H,1,5-6,9H2,2-3H3,(H,16,17). The van der Waals surface area contributed by atoms with Crippen molar-refractivity contribution in [2.75, 3.05) is 20.7 Å². The van der Waals surface area contributed by atoms with Crippen LogP contribution in [0.4, 0.5) is 0 Å². The highest BCUT2D eigenvalue weighted by atomic mass is 32.2. The molecule has 1 N–H and O–H groups in total. The van der Waals surface area contributed by atoms with Crippen LogP contribution in [0.5, 0.6) is 5.75 Å². The number of unbranched alkanes of at least 4 members (excludes halogenated alkanes) is 1. The maximum absolute atomic E-state index is 12.4. The molecule has 6 nitrogen and oxygen atoms in total. The molecule has 116 valence electrons. The quantitative estimate of drug-likeness (QED) is 0.586. The lowest BCUT2D eigenvalue weighted by Gasteiger charge is -2.17. The molecule has 0 amide bonds. The molecule has 0 saturated heterocycles. The lowest BCUT2D eigenvalue weighted by atomic mass is 10.2. The predicted molar refractivity (Wildman–Crippen MR) is 79.2 cm³/mol. The van der Waals surface area contributed by atoms with Crippen LogP contribution in [0, 0.1) is 0 Å². The molecule has 0 aliphatic rings. The van der Waals surface area contributed by atoms with Crippen LogP contribution in [0.3, 0.4) is 0 Å². The first-order valence-corrected chi connectivity index (χ1v) is 7.77. The molecule has 0 aliphatic carbocycles. The lowest BCUT2D eigenvalue weighted by molar-refractivity contribution is 0.0693. The lowest BCUT2D eigenvalue weighted by Crippen LogP contribution is -2.28. The fraction of sp³-hybridized carbons (Fsp3) is 0.357.